The summed E-state index contributed by atoms with van der Waals surface area (Å²) in [6, 6.07) is 2.11. The SMILES string of the molecule is CN(C)C(CNC(=O)c1coc(CN)c1)C1CCCCC1. The maximum atomic E-state index is 12.2. The largest absolute Gasteiger partial charge is 0.467 e. The predicted octanol–water partition coefficient (Wildman–Crippen LogP) is 1.98. The smallest absolute Gasteiger partial charge is 0.254 e. The molecule has 0 radical (unpaired) electrons. The zero-order valence-corrected chi connectivity index (χ0v) is 13.1. The van der Waals surface area contributed by atoms with Gasteiger partial charge in [-0.25, -0.2) is 0 Å². The average Bonchev–Trinajstić information content (AvgIpc) is 2.97. The van der Waals surface area contributed by atoms with E-state index in [1.54, 1.807) is 6.07 Å². The summed E-state index contributed by atoms with van der Waals surface area (Å²) in [7, 11) is 4.19. The number of rotatable bonds is 6. The lowest BCUT2D eigenvalue weighted by molar-refractivity contribution is 0.0921. The van der Waals surface area contributed by atoms with Crippen LogP contribution in [0.25, 0.3) is 0 Å². The number of furan rings is 1. The summed E-state index contributed by atoms with van der Waals surface area (Å²) in [6.45, 7) is 0.995. The molecule has 3 N–H and O–H groups in total. The maximum Gasteiger partial charge on any atom is 0.254 e. The second-order valence-corrected chi connectivity index (χ2v) is 6.14. The Morgan fingerprint density at radius 3 is 2.71 bits per heavy atom. The zero-order chi connectivity index (χ0) is 15.2. The number of carbonyl (C=O) groups excluding carboxylic acids is 1. The second kappa shape index (κ2) is 7.61. The van der Waals surface area contributed by atoms with Gasteiger partial charge in [0.25, 0.3) is 5.91 Å². The Morgan fingerprint density at radius 2 is 2.14 bits per heavy atom. The fourth-order valence-corrected chi connectivity index (χ4v) is 3.20. The topological polar surface area (TPSA) is 71.5 Å². The molecule has 1 aromatic rings. The molecule has 0 spiro atoms. The van der Waals surface area contributed by atoms with Gasteiger partial charge >= 0.3 is 0 Å². The highest BCUT2D eigenvalue weighted by Gasteiger charge is 2.25. The molecule has 5 heteroatoms. The summed E-state index contributed by atoms with van der Waals surface area (Å²) in [4.78, 5) is 14.4. The highest BCUT2D eigenvalue weighted by atomic mass is 16.3. The molecule has 1 atom stereocenters. The summed E-state index contributed by atoms with van der Waals surface area (Å²) in [6.07, 6.45) is 7.97. The van der Waals surface area contributed by atoms with Crippen molar-refractivity contribution < 1.29 is 9.21 Å². The molecular weight excluding hydrogens is 266 g/mol. The quantitative estimate of drug-likeness (QED) is 0.841. The van der Waals surface area contributed by atoms with Gasteiger partial charge in [-0.2, -0.15) is 0 Å². The Balaban J connectivity index is 1.90. The minimum atomic E-state index is -0.0823. The summed E-state index contributed by atoms with van der Waals surface area (Å²) < 4.78 is 5.21. The molecule has 0 saturated heterocycles. The van der Waals surface area contributed by atoms with E-state index in [0.717, 1.165) is 0 Å². The van der Waals surface area contributed by atoms with Crippen LogP contribution in [0.2, 0.25) is 0 Å². The summed E-state index contributed by atoms with van der Waals surface area (Å²) in [5.74, 6) is 1.23. The van der Waals surface area contributed by atoms with Crippen LogP contribution in [-0.4, -0.2) is 37.5 Å². The van der Waals surface area contributed by atoms with E-state index in [4.69, 9.17) is 10.2 Å². The van der Waals surface area contributed by atoms with Crippen molar-refractivity contribution in [2.75, 3.05) is 20.6 Å². The molecular formula is C16H27N3O2. The Bertz CT molecular complexity index is 450. The third-order valence-electron chi connectivity index (χ3n) is 4.45. The van der Waals surface area contributed by atoms with Crippen LogP contribution < -0.4 is 11.1 Å². The third-order valence-corrected chi connectivity index (χ3v) is 4.45. The number of nitrogens with one attached hydrogen (secondary N) is 1. The third kappa shape index (κ3) is 4.32. The van der Waals surface area contributed by atoms with Gasteiger partial charge in [0.05, 0.1) is 12.1 Å². The predicted molar refractivity (Wildman–Crippen MR) is 83.0 cm³/mol. The van der Waals surface area contributed by atoms with Gasteiger partial charge in [-0.3, -0.25) is 4.79 Å². The van der Waals surface area contributed by atoms with E-state index in [1.807, 2.05) is 0 Å². The number of carbonyl (C=O) groups is 1. The van der Waals surface area contributed by atoms with Gasteiger partial charge in [0.1, 0.15) is 12.0 Å². The van der Waals surface area contributed by atoms with E-state index in [0.29, 0.717) is 36.4 Å². The van der Waals surface area contributed by atoms with Gasteiger partial charge < -0.3 is 20.4 Å². The van der Waals surface area contributed by atoms with Gasteiger partial charge in [0, 0.05) is 12.6 Å². The fourth-order valence-electron chi connectivity index (χ4n) is 3.20. The van der Waals surface area contributed by atoms with Crippen molar-refractivity contribution in [3.63, 3.8) is 0 Å². The molecule has 1 aliphatic rings. The van der Waals surface area contributed by atoms with Gasteiger partial charge in [0.2, 0.25) is 0 Å². The second-order valence-electron chi connectivity index (χ2n) is 6.14. The normalized spacial score (nSPS) is 17.9. The molecule has 2 rings (SSSR count). The average molecular weight is 293 g/mol. The molecule has 0 aliphatic heterocycles. The van der Waals surface area contributed by atoms with E-state index in [-0.39, 0.29) is 5.91 Å². The lowest BCUT2D eigenvalue weighted by atomic mass is 9.83. The van der Waals surface area contributed by atoms with Crippen molar-refractivity contribution in [3.05, 3.63) is 23.7 Å². The van der Waals surface area contributed by atoms with Crippen LogP contribution in [0.15, 0.2) is 16.7 Å². The Hall–Kier alpha value is -1.33. The van der Waals surface area contributed by atoms with Crippen LogP contribution in [-0.2, 0) is 6.54 Å². The van der Waals surface area contributed by atoms with Crippen molar-refractivity contribution in [1.29, 1.82) is 0 Å². The van der Waals surface area contributed by atoms with Crippen molar-refractivity contribution in [2.24, 2.45) is 11.7 Å². The Morgan fingerprint density at radius 1 is 1.43 bits per heavy atom. The molecule has 1 fully saturated rings. The lowest BCUT2D eigenvalue weighted by Gasteiger charge is -2.34. The first-order valence-corrected chi connectivity index (χ1v) is 7.84. The first-order chi connectivity index (χ1) is 10.1. The van der Waals surface area contributed by atoms with Crippen LogP contribution in [0.5, 0.6) is 0 Å². The molecule has 1 heterocycles. The molecule has 0 aromatic carbocycles. The minimum absolute atomic E-state index is 0.0823. The molecule has 1 saturated carbocycles. The number of hydrogen-bond acceptors (Lipinski definition) is 4. The van der Waals surface area contributed by atoms with Gasteiger partial charge in [-0.15, -0.1) is 0 Å². The number of hydrogen-bond donors (Lipinski definition) is 2. The van der Waals surface area contributed by atoms with Gasteiger partial charge in [0.15, 0.2) is 0 Å². The number of amides is 1. The van der Waals surface area contributed by atoms with Crippen molar-refractivity contribution >= 4 is 5.91 Å². The highest BCUT2D eigenvalue weighted by Crippen LogP contribution is 2.28. The molecule has 1 unspecified atom stereocenters. The lowest BCUT2D eigenvalue weighted by Crippen LogP contribution is -2.45. The molecule has 118 valence electrons. The molecule has 1 aromatic heterocycles. The van der Waals surface area contributed by atoms with Gasteiger partial charge in [-0.05, 0) is 38.9 Å². The van der Waals surface area contributed by atoms with Crippen molar-refractivity contribution in [3.8, 4) is 0 Å². The van der Waals surface area contributed by atoms with E-state index in [2.05, 4.69) is 24.3 Å². The van der Waals surface area contributed by atoms with Crippen LogP contribution in [0.3, 0.4) is 0 Å². The Labute approximate surface area is 126 Å². The first-order valence-electron chi connectivity index (χ1n) is 7.84. The van der Waals surface area contributed by atoms with Crippen molar-refractivity contribution in [2.45, 2.75) is 44.7 Å². The van der Waals surface area contributed by atoms with Crippen LogP contribution in [0.1, 0.15) is 48.2 Å². The van der Waals surface area contributed by atoms with E-state index in [1.165, 1.54) is 38.4 Å². The maximum absolute atomic E-state index is 12.2. The van der Waals surface area contributed by atoms with E-state index >= 15 is 0 Å². The fraction of sp³-hybridized carbons (Fsp3) is 0.688. The number of nitrogens with zero attached hydrogens (tertiary/aromatic N) is 1. The summed E-state index contributed by atoms with van der Waals surface area (Å²) in [5.41, 5.74) is 6.04. The van der Waals surface area contributed by atoms with E-state index in [9.17, 15) is 4.79 Å². The molecule has 0 bridgehead atoms. The standard InChI is InChI=1S/C16H27N3O2/c1-19(2)15(12-6-4-3-5-7-12)10-18-16(20)13-8-14(9-17)21-11-13/h8,11-12,15H,3-7,9-10,17H2,1-2H3,(H,18,20). The van der Waals surface area contributed by atoms with Crippen LogP contribution >= 0.6 is 0 Å². The monoisotopic (exact) mass is 293 g/mol. The van der Waals surface area contributed by atoms with Gasteiger partial charge in [-0.1, -0.05) is 19.3 Å². The van der Waals surface area contributed by atoms with Crippen LogP contribution in [0, 0.1) is 5.92 Å². The number of likely N-dealkylation sites (N-methyl/N-ethyl adjacent to an activating group) is 1. The minimum Gasteiger partial charge on any atom is -0.467 e. The molecule has 21 heavy (non-hydrogen) atoms. The Kier molecular flexibility index (Phi) is 5.82. The molecule has 1 aliphatic carbocycles. The zero-order valence-electron chi connectivity index (χ0n) is 13.1. The first kappa shape index (κ1) is 16.0. The highest BCUT2D eigenvalue weighted by molar-refractivity contribution is 5.93. The van der Waals surface area contributed by atoms with E-state index < -0.39 is 0 Å². The van der Waals surface area contributed by atoms with Crippen LogP contribution in [0.4, 0.5) is 0 Å². The molecule has 5 nitrogen and oxygen atoms in total. The molecule has 1 amide bonds. The number of nitrogens with two attached hydrogens (primary N) is 1. The van der Waals surface area contributed by atoms with Crippen molar-refractivity contribution in [1.82, 2.24) is 10.2 Å². The summed E-state index contributed by atoms with van der Waals surface area (Å²) in [5, 5.41) is 3.03. The summed E-state index contributed by atoms with van der Waals surface area (Å²) >= 11 is 0.